The van der Waals surface area contributed by atoms with Crippen molar-refractivity contribution >= 4 is 17.6 Å². The number of carbonyl (C=O) groups is 1. The minimum absolute atomic E-state index is 0.145. The summed E-state index contributed by atoms with van der Waals surface area (Å²) < 4.78 is 0. The van der Waals surface area contributed by atoms with E-state index in [1.165, 1.54) is 0 Å². The lowest BCUT2D eigenvalue weighted by molar-refractivity contribution is 0.238. The largest absolute Gasteiger partial charge is 0.338 e. The molecule has 0 aliphatic rings. The van der Waals surface area contributed by atoms with Crippen LogP contribution in [0, 0.1) is 0 Å². The molecule has 0 bridgehead atoms. The number of urea groups is 1. The van der Waals surface area contributed by atoms with E-state index in [9.17, 15) is 4.79 Å². The van der Waals surface area contributed by atoms with Crippen LogP contribution in [-0.2, 0) is 6.42 Å². The van der Waals surface area contributed by atoms with Gasteiger partial charge in [0, 0.05) is 29.9 Å². The number of halogens is 1. The van der Waals surface area contributed by atoms with E-state index < -0.39 is 0 Å². The Bertz CT molecular complexity index is 589. The molecule has 2 amide bonds. The first-order valence-electron chi connectivity index (χ1n) is 6.85. The van der Waals surface area contributed by atoms with E-state index in [4.69, 9.17) is 11.6 Å². The van der Waals surface area contributed by atoms with Crippen LogP contribution < -0.4 is 10.6 Å². The van der Waals surface area contributed by atoms with Crippen LogP contribution in [0.15, 0.2) is 48.7 Å². The van der Waals surface area contributed by atoms with Gasteiger partial charge in [0.15, 0.2) is 0 Å². The van der Waals surface area contributed by atoms with Gasteiger partial charge in [0.1, 0.15) is 0 Å². The van der Waals surface area contributed by atoms with Gasteiger partial charge in [-0.3, -0.25) is 4.98 Å². The van der Waals surface area contributed by atoms with E-state index in [1.807, 2.05) is 49.4 Å². The zero-order valence-electron chi connectivity index (χ0n) is 11.8. The Morgan fingerprint density at radius 2 is 2.00 bits per heavy atom. The molecule has 1 heterocycles. The maximum absolute atomic E-state index is 11.8. The van der Waals surface area contributed by atoms with E-state index in [2.05, 4.69) is 15.6 Å². The fourth-order valence-corrected chi connectivity index (χ4v) is 2.30. The van der Waals surface area contributed by atoms with Gasteiger partial charge in [0.2, 0.25) is 0 Å². The monoisotopic (exact) mass is 303 g/mol. The molecule has 2 rings (SSSR count). The number of amides is 2. The molecule has 0 saturated carbocycles. The Morgan fingerprint density at radius 3 is 2.71 bits per heavy atom. The van der Waals surface area contributed by atoms with E-state index in [0.717, 1.165) is 11.3 Å². The molecular formula is C16H18ClN3O. The molecule has 1 atom stereocenters. The lowest BCUT2D eigenvalue weighted by Crippen LogP contribution is -2.38. The molecule has 1 unspecified atom stereocenters. The molecule has 1 aromatic heterocycles. The molecule has 0 fully saturated rings. The quantitative estimate of drug-likeness (QED) is 0.890. The number of benzene rings is 1. The molecule has 110 valence electrons. The third kappa shape index (κ3) is 4.76. The number of nitrogens with zero attached hydrogens (tertiary/aromatic N) is 1. The predicted molar refractivity (Wildman–Crippen MR) is 84.3 cm³/mol. The second-order valence-electron chi connectivity index (χ2n) is 4.71. The summed E-state index contributed by atoms with van der Waals surface area (Å²) in [5.74, 6) is 0. The van der Waals surface area contributed by atoms with Crippen LogP contribution in [0.4, 0.5) is 4.79 Å². The van der Waals surface area contributed by atoms with Crippen molar-refractivity contribution < 1.29 is 4.79 Å². The van der Waals surface area contributed by atoms with Gasteiger partial charge >= 0.3 is 6.03 Å². The third-order valence-corrected chi connectivity index (χ3v) is 3.46. The zero-order chi connectivity index (χ0) is 15.1. The number of hydrogen-bond acceptors (Lipinski definition) is 2. The minimum atomic E-state index is -0.210. The molecule has 4 nitrogen and oxygen atoms in total. The highest BCUT2D eigenvalue weighted by molar-refractivity contribution is 6.31. The van der Waals surface area contributed by atoms with Gasteiger partial charge < -0.3 is 10.6 Å². The van der Waals surface area contributed by atoms with Crippen LogP contribution in [0.3, 0.4) is 0 Å². The molecule has 0 aliphatic heterocycles. The molecule has 0 aliphatic carbocycles. The maximum Gasteiger partial charge on any atom is 0.315 e. The summed E-state index contributed by atoms with van der Waals surface area (Å²) in [4.78, 5) is 16.0. The normalized spacial score (nSPS) is 11.7. The Morgan fingerprint density at radius 1 is 1.24 bits per heavy atom. The Kier molecular flexibility index (Phi) is 5.58. The average molecular weight is 304 g/mol. The predicted octanol–water partition coefficient (Wildman–Crippen LogP) is 3.34. The lowest BCUT2D eigenvalue weighted by atomic mass is 10.1. The molecule has 0 radical (unpaired) electrons. The van der Waals surface area contributed by atoms with Gasteiger partial charge in [-0.05, 0) is 30.7 Å². The van der Waals surface area contributed by atoms with Crippen molar-refractivity contribution in [3.05, 3.63) is 64.9 Å². The molecule has 0 spiro atoms. The first-order chi connectivity index (χ1) is 10.2. The van der Waals surface area contributed by atoms with Crippen molar-refractivity contribution in [2.45, 2.75) is 19.4 Å². The summed E-state index contributed by atoms with van der Waals surface area (Å²) in [5.41, 5.74) is 1.86. The van der Waals surface area contributed by atoms with Crippen molar-refractivity contribution in [3.63, 3.8) is 0 Å². The summed E-state index contributed by atoms with van der Waals surface area (Å²) in [5, 5.41) is 6.34. The van der Waals surface area contributed by atoms with Gasteiger partial charge in [-0.25, -0.2) is 4.79 Å². The van der Waals surface area contributed by atoms with Crippen LogP contribution >= 0.6 is 11.6 Å². The summed E-state index contributed by atoms with van der Waals surface area (Å²) in [6, 6.07) is 12.9. The van der Waals surface area contributed by atoms with E-state index >= 15 is 0 Å². The maximum atomic E-state index is 11.8. The molecule has 0 saturated heterocycles. The molecule has 2 aromatic rings. The van der Waals surface area contributed by atoms with Crippen molar-refractivity contribution in [2.75, 3.05) is 6.54 Å². The first kappa shape index (κ1) is 15.3. The highest BCUT2D eigenvalue weighted by Gasteiger charge is 2.11. The fourth-order valence-electron chi connectivity index (χ4n) is 2.00. The van der Waals surface area contributed by atoms with E-state index in [0.29, 0.717) is 18.0 Å². The van der Waals surface area contributed by atoms with Crippen molar-refractivity contribution in [2.24, 2.45) is 0 Å². The van der Waals surface area contributed by atoms with Gasteiger partial charge in [-0.2, -0.15) is 0 Å². The fraction of sp³-hybridized carbons (Fsp3) is 0.250. The summed E-state index contributed by atoms with van der Waals surface area (Å²) in [7, 11) is 0. The highest BCUT2D eigenvalue weighted by atomic mass is 35.5. The molecule has 5 heteroatoms. The zero-order valence-corrected chi connectivity index (χ0v) is 12.6. The highest BCUT2D eigenvalue weighted by Crippen LogP contribution is 2.21. The number of pyridine rings is 1. The minimum Gasteiger partial charge on any atom is -0.338 e. The Labute approximate surface area is 129 Å². The van der Waals surface area contributed by atoms with Crippen LogP contribution in [0.1, 0.15) is 24.2 Å². The number of nitrogens with one attached hydrogen (secondary N) is 2. The summed E-state index contributed by atoms with van der Waals surface area (Å²) >= 11 is 6.11. The van der Waals surface area contributed by atoms with E-state index in [1.54, 1.807) is 6.20 Å². The van der Waals surface area contributed by atoms with Gasteiger partial charge in [-0.1, -0.05) is 35.9 Å². The van der Waals surface area contributed by atoms with Gasteiger partial charge in [0.25, 0.3) is 0 Å². The lowest BCUT2D eigenvalue weighted by Gasteiger charge is -2.16. The second-order valence-corrected chi connectivity index (χ2v) is 5.12. The molecule has 21 heavy (non-hydrogen) atoms. The van der Waals surface area contributed by atoms with E-state index in [-0.39, 0.29) is 12.1 Å². The summed E-state index contributed by atoms with van der Waals surface area (Å²) in [6.45, 7) is 2.44. The standard InChI is InChI=1S/C16H18ClN3O/c1-12(14-7-2-3-8-15(14)17)20-16(21)19-11-9-13-6-4-5-10-18-13/h2-8,10,12H,9,11H2,1H3,(H2,19,20,21). The Balaban J connectivity index is 1.78. The van der Waals surface area contributed by atoms with Gasteiger partial charge in [0.05, 0.1) is 6.04 Å². The van der Waals surface area contributed by atoms with Crippen LogP contribution in [0.2, 0.25) is 5.02 Å². The van der Waals surface area contributed by atoms with Crippen LogP contribution in [0.25, 0.3) is 0 Å². The number of carbonyl (C=O) groups excluding carboxylic acids is 1. The van der Waals surface area contributed by atoms with Crippen molar-refractivity contribution in [3.8, 4) is 0 Å². The smallest absolute Gasteiger partial charge is 0.315 e. The Hall–Kier alpha value is -2.07. The number of aromatic nitrogens is 1. The topological polar surface area (TPSA) is 54.0 Å². The molecule has 2 N–H and O–H groups in total. The van der Waals surface area contributed by atoms with Crippen molar-refractivity contribution in [1.82, 2.24) is 15.6 Å². The van der Waals surface area contributed by atoms with Crippen molar-refractivity contribution in [1.29, 1.82) is 0 Å². The number of hydrogen-bond donors (Lipinski definition) is 2. The SMILES string of the molecule is CC(NC(=O)NCCc1ccccn1)c1ccccc1Cl. The molecule has 1 aromatic carbocycles. The van der Waals surface area contributed by atoms with Crippen LogP contribution in [-0.4, -0.2) is 17.6 Å². The summed E-state index contributed by atoms with van der Waals surface area (Å²) in [6.07, 6.45) is 2.45. The van der Waals surface area contributed by atoms with Crippen LogP contribution in [0.5, 0.6) is 0 Å². The second kappa shape index (κ2) is 7.64. The van der Waals surface area contributed by atoms with Gasteiger partial charge in [-0.15, -0.1) is 0 Å². The third-order valence-electron chi connectivity index (χ3n) is 3.11. The number of rotatable bonds is 5. The molecular weight excluding hydrogens is 286 g/mol. The first-order valence-corrected chi connectivity index (χ1v) is 7.23. The average Bonchev–Trinajstić information content (AvgIpc) is 2.48.